The molecule has 1 saturated heterocycles. The molecule has 0 radical (unpaired) electrons. The highest BCUT2D eigenvalue weighted by atomic mass is 19.4. The lowest BCUT2D eigenvalue weighted by Gasteiger charge is -2.39. The molecule has 0 spiro atoms. The van der Waals surface area contributed by atoms with E-state index in [0.717, 1.165) is 12.8 Å². The average Bonchev–Trinajstić information content (AvgIpc) is 2.69. The molecule has 4 atom stereocenters. The van der Waals surface area contributed by atoms with Crippen LogP contribution in [0.15, 0.2) is 35.5 Å². The van der Waals surface area contributed by atoms with Gasteiger partial charge in [0.25, 0.3) is 0 Å². The Morgan fingerprint density at radius 1 is 1.22 bits per heavy atom. The number of hydrogen-bond acceptors (Lipinski definition) is 6. The van der Waals surface area contributed by atoms with E-state index in [1.165, 1.54) is 11.1 Å². The van der Waals surface area contributed by atoms with Crippen molar-refractivity contribution in [1.29, 1.82) is 0 Å². The molecule has 0 aromatic heterocycles. The van der Waals surface area contributed by atoms with E-state index in [0.29, 0.717) is 6.61 Å². The molecule has 1 rings (SSSR count). The van der Waals surface area contributed by atoms with Crippen LogP contribution >= 0.6 is 0 Å². The number of nitrogens with two attached hydrogens (primary N) is 1. The normalized spacial score (nSPS) is 23.8. The Kier molecular flexibility index (Phi) is 13.8. The molecular weight excluding hydrogens is 431 g/mol. The van der Waals surface area contributed by atoms with Crippen LogP contribution in [0.2, 0.25) is 0 Å². The average molecular weight is 466 g/mol. The van der Waals surface area contributed by atoms with Gasteiger partial charge >= 0.3 is 18.1 Å². The molecule has 0 aromatic rings. The standard InChI is InChI=1S/C20H33NO4.C2HF3O2/c1-14(2)8-6-9-15(3)10-7-11-17-20(25-18(22)12-21)19(23-5)16(4)13-24-17;3-2(4,5)1(6)7/h7-8,10-11,16-17,19-20H,6,9,12-13,21H2,1-5H3;(H,6,7)/b11-7+,15-10+;/t16-,17-,19-,20-;/m0./s1. The van der Waals surface area contributed by atoms with Gasteiger partial charge in [-0.05, 0) is 33.6 Å². The van der Waals surface area contributed by atoms with Crippen molar-refractivity contribution in [2.45, 2.75) is 65.0 Å². The van der Waals surface area contributed by atoms with Gasteiger partial charge in [0.05, 0.1) is 13.2 Å². The molecule has 32 heavy (non-hydrogen) atoms. The number of hydrogen-bond donors (Lipinski definition) is 2. The lowest BCUT2D eigenvalue weighted by molar-refractivity contribution is -0.192. The Balaban J connectivity index is 0.00000118. The molecule has 3 N–H and O–H groups in total. The van der Waals surface area contributed by atoms with Crippen LogP contribution in [0.3, 0.4) is 0 Å². The second-order valence-electron chi connectivity index (χ2n) is 7.66. The van der Waals surface area contributed by atoms with Crippen LogP contribution in [-0.4, -0.2) is 61.8 Å². The van der Waals surface area contributed by atoms with E-state index < -0.39 is 24.2 Å². The summed E-state index contributed by atoms with van der Waals surface area (Å²) in [6.07, 6.45) is 4.15. The van der Waals surface area contributed by atoms with Crippen molar-refractivity contribution in [2.24, 2.45) is 11.7 Å². The lowest BCUT2D eigenvalue weighted by Crippen LogP contribution is -2.52. The smallest absolute Gasteiger partial charge is 0.475 e. The Morgan fingerprint density at radius 3 is 2.28 bits per heavy atom. The molecule has 0 aliphatic carbocycles. The Bertz CT molecular complexity index is 684. The Labute approximate surface area is 187 Å². The fourth-order valence-corrected chi connectivity index (χ4v) is 2.83. The number of rotatable bonds is 8. The fraction of sp³-hybridized carbons (Fsp3) is 0.636. The monoisotopic (exact) mass is 465 g/mol. The first kappa shape index (κ1) is 29.8. The van der Waals surface area contributed by atoms with Gasteiger partial charge in [0.15, 0.2) is 6.10 Å². The number of carbonyl (C=O) groups excluding carboxylic acids is 1. The number of carbonyl (C=O) groups is 2. The first-order valence-corrected chi connectivity index (χ1v) is 10.1. The number of carboxylic acid groups (broad SMARTS) is 1. The van der Waals surface area contributed by atoms with Crippen LogP contribution in [0.4, 0.5) is 13.2 Å². The molecule has 1 aliphatic rings. The third-order valence-electron chi connectivity index (χ3n) is 4.48. The van der Waals surface area contributed by atoms with Gasteiger partial charge in [0.2, 0.25) is 0 Å². The van der Waals surface area contributed by atoms with Crippen molar-refractivity contribution < 1.29 is 42.1 Å². The minimum Gasteiger partial charge on any atom is -0.475 e. The van der Waals surface area contributed by atoms with Crippen molar-refractivity contribution in [2.75, 3.05) is 20.3 Å². The van der Waals surface area contributed by atoms with Crippen LogP contribution < -0.4 is 5.73 Å². The highest BCUT2D eigenvalue weighted by Crippen LogP contribution is 2.26. The van der Waals surface area contributed by atoms with Gasteiger partial charge in [-0.2, -0.15) is 13.2 Å². The van der Waals surface area contributed by atoms with Gasteiger partial charge in [-0.25, -0.2) is 4.79 Å². The van der Waals surface area contributed by atoms with Crippen LogP contribution in [0.5, 0.6) is 0 Å². The number of alkyl halides is 3. The Hall–Kier alpha value is -2.17. The van der Waals surface area contributed by atoms with Crippen LogP contribution in [0.1, 0.15) is 40.5 Å². The molecule has 1 fully saturated rings. The van der Waals surface area contributed by atoms with E-state index in [2.05, 4.69) is 32.9 Å². The predicted octanol–water partition coefficient (Wildman–Crippen LogP) is 3.79. The third-order valence-corrected chi connectivity index (χ3v) is 4.48. The summed E-state index contributed by atoms with van der Waals surface area (Å²) in [4.78, 5) is 20.5. The molecule has 10 heteroatoms. The number of ether oxygens (including phenoxy) is 3. The van der Waals surface area contributed by atoms with Crippen molar-refractivity contribution in [3.05, 3.63) is 35.5 Å². The third kappa shape index (κ3) is 12.0. The van der Waals surface area contributed by atoms with Gasteiger partial charge in [0.1, 0.15) is 12.2 Å². The van der Waals surface area contributed by atoms with E-state index >= 15 is 0 Å². The zero-order valence-electron chi connectivity index (χ0n) is 19.1. The molecule has 0 bridgehead atoms. The fourth-order valence-electron chi connectivity index (χ4n) is 2.83. The molecule has 0 unspecified atom stereocenters. The maximum absolute atomic E-state index is 11.6. The van der Waals surface area contributed by atoms with Gasteiger partial charge in [0, 0.05) is 13.0 Å². The van der Waals surface area contributed by atoms with E-state index in [-0.39, 0.29) is 24.7 Å². The van der Waals surface area contributed by atoms with Crippen LogP contribution in [-0.2, 0) is 23.8 Å². The maximum Gasteiger partial charge on any atom is 0.490 e. The topological polar surface area (TPSA) is 108 Å². The van der Waals surface area contributed by atoms with Crippen molar-refractivity contribution >= 4 is 11.9 Å². The molecule has 7 nitrogen and oxygen atoms in total. The van der Waals surface area contributed by atoms with E-state index in [4.69, 9.17) is 29.8 Å². The first-order chi connectivity index (χ1) is 14.8. The summed E-state index contributed by atoms with van der Waals surface area (Å²) in [6.45, 7) is 8.75. The number of methoxy groups -OCH3 is 1. The van der Waals surface area contributed by atoms with Crippen LogP contribution in [0, 0.1) is 5.92 Å². The second-order valence-corrected chi connectivity index (χ2v) is 7.66. The number of esters is 1. The SMILES string of the molecule is CO[C@@H]1[C@@H](OC(=O)CN)[C@H](/C=C/C=C(\C)CCC=C(C)C)OC[C@@H]1C.O=C(O)C(F)(F)F. The minimum atomic E-state index is -5.08. The second kappa shape index (κ2) is 14.8. The largest absolute Gasteiger partial charge is 0.490 e. The van der Waals surface area contributed by atoms with Gasteiger partial charge in [-0.15, -0.1) is 0 Å². The van der Waals surface area contributed by atoms with E-state index in [9.17, 15) is 18.0 Å². The summed E-state index contributed by atoms with van der Waals surface area (Å²) < 4.78 is 48.6. The van der Waals surface area contributed by atoms with Gasteiger partial charge < -0.3 is 25.1 Å². The number of halogens is 3. The quantitative estimate of drug-likeness (QED) is 0.319. The van der Waals surface area contributed by atoms with Gasteiger partial charge in [-0.3, -0.25) is 4.79 Å². The van der Waals surface area contributed by atoms with Crippen molar-refractivity contribution in [3.8, 4) is 0 Å². The van der Waals surface area contributed by atoms with E-state index in [1.54, 1.807) is 7.11 Å². The number of aliphatic carboxylic acids is 1. The summed E-state index contributed by atoms with van der Waals surface area (Å²) in [7, 11) is 1.63. The summed E-state index contributed by atoms with van der Waals surface area (Å²) in [6, 6.07) is 0. The van der Waals surface area contributed by atoms with Crippen molar-refractivity contribution in [1.82, 2.24) is 0 Å². The first-order valence-electron chi connectivity index (χ1n) is 10.1. The summed E-state index contributed by atoms with van der Waals surface area (Å²) in [5.41, 5.74) is 8.00. The lowest BCUT2D eigenvalue weighted by atomic mass is 9.93. The number of carboxylic acids is 1. The molecular formula is C22H34F3NO6. The maximum atomic E-state index is 11.6. The summed E-state index contributed by atoms with van der Waals surface area (Å²) in [5.74, 6) is -3.06. The zero-order valence-corrected chi connectivity index (χ0v) is 19.1. The minimum absolute atomic E-state index is 0.145. The molecule has 0 amide bonds. The predicted molar refractivity (Wildman–Crippen MR) is 114 cm³/mol. The zero-order chi connectivity index (χ0) is 24.9. The van der Waals surface area contributed by atoms with E-state index in [1.807, 2.05) is 19.1 Å². The highest BCUT2D eigenvalue weighted by Gasteiger charge is 2.40. The highest BCUT2D eigenvalue weighted by molar-refractivity contribution is 5.73. The number of allylic oxidation sites excluding steroid dienone is 5. The summed E-state index contributed by atoms with van der Waals surface area (Å²) in [5, 5.41) is 7.12. The molecule has 0 aromatic carbocycles. The molecule has 0 saturated carbocycles. The van der Waals surface area contributed by atoms with Crippen LogP contribution in [0.25, 0.3) is 0 Å². The molecule has 1 heterocycles. The summed E-state index contributed by atoms with van der Waals surface area (Å²) >= 11 is 0. The molecule has 184 valence electrons. The Morgan fingerprint density at radius 2 is 1.81 bits per heavy atom. The van der Waals surface area contributed by atoms with Gasteiger partial charge in [-0.1, -0.05) is 42.4 Å². The molecule has 1 aliphatic heterocycles. The van der Waals surface area contributed by atoms with Crippen molar-refractivity contribution in [3.63, 3.8) is 0 Å².